The zero-order chi connectivity index (χ0) is 13.1. The zero-order valence-corrected chi connectivity index (χ0v) is 11.7. The maximum Gasteiger partial charge on any atom is 0.0239 e. The molecule has 0 aromatic heterocycles. The number of fused-ring (bicyclic) bond motifs is 2. The van der Waals surface area contributed by atoms with Crippen LogP contribution in [0.4, 0.5) is 0 Å². The van der Waals surface area contributed by atoms with Crippen molar-refractivity contribution in [1.82, 2.24) is 0 Å². The highest BCUT2D eigenvalue weighted by molar-refractivity contribution is 8.00. The zero-order valence-electron chi connectivity index (χ0n) is 10.9. The monoisotopic (exact) mass is 272 g/mol. The van der Waals surface area contributed by atoms with Crippen LogP contribution in [-0.2, 0) is 0 Å². The van der Waals surface area contributed by atoms with Gasteiger partial charge in [-0.3, -0.25) is 0 Å². The van der Waals surface area contributed by atoms with Gasteiger partial charge in [0, 0.05) is 16.0 Å². The van der Waals surface area contributed by atoms with Gasteiger partial charge in [-0.05, 0) is 32.1 Å². The molecule has 4 aromatic carbocycles. The second kappa shape index (κ2) is 3.77. The van der Waals surface area contributed by atoms with Crippen molar-refractivity contribution < 1.29 is 0 Å². The lowest BCUT2D eigenvalue weighted by atomic mass is 9.94. The second-order valence-corrected chi connectivity index (χ2v) is 6.35. The van der Waals surface area contributed by atoms with E-state index in [-0.39, 0.29) is 0 Å². The molecular formula is C19H12S. The first-order chi connectivity index (χ1) is 9.93. The molecule has 20 heavy (non-hydrogen) atoms. The Bertz CT molecular complexity index is 1040. The summed E-state index contributed by atoms with van der Waals surface area (Å²) in [5.74, 6) is 1.07. The fraction of sp³-hybridized carbons (Fsp3) is 0.0526. The highest BCUT2D eigenvalue weighted by Gasteiger charge is 2.15. The maximum absolute atomic E-state index is 2.35. The Hall–Kier alpha value is -1.99. The second-order valence-electron chi connectivity index (χ2n) is 5.32. The van der Waals surface area contributed by atoms with E-state index in [2.05, 4.69) is 60.7 Å². The van der Waals surface area contributed by atoms with Gasteiger partial charge in [0.05, 0.1) is 0 Å². The van der Waals surface area contributed by atoms with Crippen molar-refractivity contribution in [2.24, 2.45) is 0 Å². The lowest BCUT2D eigenvalue weighted by molar-refractivity contribution is 1.55. The fourth-order valence-electron chi connectivity index (χ4n) is 3.47. The van der Waals surface area contributed by atoms with E-state index in [0.29, 0.717) is 0 Å². The lowest BCUT2D eigenvalue weighted by Crippen LogP contribution is -2.07. The van der Waals surface area contributed by atoms with Gasteiger partial charge >= 0.3 is 0 Å². The standard InChI is InChI=1S/C19H12S/c1-4-12-5-3-9-16-17(12)14(7-1)15-8-2-6-13-10-11-20-19(16)18(13)15/h1-10H,11H2. The first-order valence-electron chi connectivity index (χ1n) is 6.92. The molecule has 0 unspecified atom stereocenters. The largest absolute Gasteiger partial charge is 0.121 e. The summed E-state index contributed by atoms with van der Waals surface area (Å²) in [6.45, 7) is 0. The smallest absolute Gasteiger partial charge is 0.0239 e. The van der Waals surface area contributed by atoms with E-state index >= 15 is 0 Å². The minimum Gasteiger partial charge on any atom is -0.121 e. The molecule has 1 aliphatic heterocycles. The van der Waals surface area contributed by atoms with Gasteiger partial charge in [-0.1, -0.05) is 60.7 Å². The van der Waals surface area contributed by atoms with Gasteiger partial charge in [0.15, 0.2) is 0 Å². The molecule has 0 saturated heterocycles. The van der Waals surface area contributed by atoms with Crippen LogP contribution in [0, 0.1) is 0 Å². The van der Waals surface area contributed by atoms with Crippen molar-refractivity contribution in [1.29, 1.82) is 0 Å². The molecule has 0 aliphatic carbocycles. The van der Waals surface area contributed by atoms with Gasteiger partial charge in [0.2, 0.25) is 0 Å². The molecule has 0 saturated carbocycles. The third kappa shape index (κ3) is 1.24. The molecule has 0 fully saturated rings. The number of hydrogen-bond donors (Lipinski definition) is 0. The van der Waals surface area contributed by atoms with Crippen molar-refractivity contribution in [3.05, 3.63) is 59.8 Å². The van der Waals surface area contributed by atoms with Crippen LogP contribution in [0.2, 0.25) is 0 Å². The Morgan fingerprint density at radius 1 is 0.700 bits per heavy atom. The quantitative estimate of drug-likeness (QED) is 0.329. The fourth-order valence-corrected chi connectivity index (χ4v) is 4.60. The number of thioether (sulfide) groups is 1. The first kappa shape index (κ1) is 10.8. The van der Waals surface area contributed by atoms with Crippen LogP contribution in [0.25, 0.3) is 38.4 Å². The van der Waals surface area contributed by atoms with Crippen LogP contribution in [0.3, 0.4) is 0 Å². The number of rotatable bonds is 0. The first-order valence-corrected chi connectivity index (χ1v) is 7.91. The van der Waals surface area contributed by atoms with E-state index in [1.54, 1.807) is 0 Å². The van der Waals surface area contributed by atoms with Crippen molar-refractivity contribution in [2.75, 3.05) is 5.75 Å². The molecule has 94 valence electrons. The average molecular weight is 272 g/mol. The Morgan fingerprint density at radius 3 is 2.25 bits per heavy atom. The SMILES string of the molecule is C1=c2cccc3c2c(c2cccc4cccc3c42)SC1. The molecule has 0 nitrogen and oxygen atoms in total. The topological polar surface area (TPSA) is 0 Å². The molecule has 5 rings (SSSR count). The van der Waals surface area contributed by atoms with Crippen LogP contribution in [0.15, 0.2) is 59.5 Å². The third-order valence-electron chi connectivity index (χ3n) is 4.29. The molecule has 0 bridgehead atoms. The normalized spacial score (nSPS) is 14.0. The van der Waals surface area contributed by atoms with E-state index in [0.717, 1.165) is 5.75 Å². The Morgan fingerprint density at radius 2 is 1.40 bits per heavy atom. The molecule has 4 aromatic rings. The van der Waals surface area contributed by atoms with Gasteiger partial charge in [-0.2, -0.15) is 0 Å². The Kier molecular flexibility index (Phi) is 2.03. The summed E-state index contributed by atoms with van der Waals surface area (Å²) in [5, 5.41) is 9.79. The summed E-state index contributed by atoms with van der Waals surface area (Å²) in [5.41, 5.74) is 0. The predicted molar refractivity (Wildman–Crippen MR) is 89.4 cm³/mol. The van der Waals surface area contributed by atoms with Crippen LogP contribution in [-0.4, -0.2) is 5.75 Å². The van der Waals surface area contributed by atoms with Crippen LogP contribution in [0.1, 0.15) is 0 Å². The van der Waals surface area contributed by atoms with Crippen molar-refractivity contribution in [3.8, 4) is 0 Å². The average Bonchev–Trinajstić information content (AvgIpc) is 2.52. The number of benzene rings is 4. The molecule has 1 heteroatoms. The summed E-state index contributed by atoms with van der Waals surface area (Å²) in [6, 6.07) is 20.0. The van der Waals surface area contributed by atoms with Crippen LogP contribution < -0.4 is 5.22 Å². The third-order valence-corrected chi connectivity index (χ3v) is 5.34. The minimum atomic E-state index is 1.07. The Balaban J connectivity index is 2.27. The van der Waals surface area contributed by atoms with Crippen LogP contribution in [0.5, 0.6) is 0 Å². The Labute approximate surface area is 121 Å². The summed E-state index contributed by atoms with van der Waals surface area (Å²) in [4.78, 5) is 1.46. The molecular weight excluding hydrogens is 260 g/mol. The van der Waals surface area contributed by atoms with E-state index in [1.165, 1.54) is 42.4 Å². The maximum atomic E-state index is 2.35. The van der Waals surface area contributed by atoms with E-state index in [1.807, 2.05) is 11.8 Å². The summed E-state index contributed by atoms with van der Waals surface area (Å²) >= 11 is 1.97. The van der Waals surface area contributed by atoms with E-state index < -0.39 is 0 Å². The molecule has 0 atom stereocenters. The number of hydrogen-bond acceptors (Lipinski definition) is 1. The summed E-state index contributed by atoms with van der Waals surface area (Å²) in [6.07, 6.45) is 2.35. The van der Waals surface area contributed by atoms with E-state index in [4.69, 9.17) is 0 Å². The van der Waals surface area contributed by atoms with Crippen molar-refractivity contribution in [3.63, 3.8) is 0 Å². The van der Waals surface area contributed by atoms with Gasteiger partial charge in [0.1, 0.15) is 0 Å². The minimum absolute atomic E-state index is 1.07. The molecule has 1 heterocycles. The van der Waals surface area contributed by atoms with Gasteiger partial charge in [-0.15, -0.1) is 11.8 Å². The highest BCUT2D eigenvalue weighted by atomic mass is 32.2. The van der Waals surface area contributed by atoms with Crippen LogP contribution >= 0.6 is 11.8 Å². The lowest BCUT2D eigenvalue weighted by Gasteiger charge is -2.17. The van der Waals surface area contributed by atoms with Gasteiger partial charge < -0.3 is 0 Å². The van der Waals surface area contributed by atoms with Crippen molar-refractivity contribution >= 4 is 50.2 Å². The van der Waals surface area contributed by atoms with E-state index in [9.17, 15) is 0 Å². The molecule has 0 radical (unpaired) electrons. The molecule has 0 amide bonds. The molecule has 0 spiro atoms. The summed E-state index contributed by atoms with van der Waals surface area (Å²) in [7, 11) is 0. The van der Waals surface area contributed by atoms with Gasteiger partial charge in [-0.25, -0.2) is 0 Å². The van der Waals surface area contributed by atoms with Gasteiger partial charge in [0.25, 0.3) is 0 Å². The highest BCUT2D eigenvalue weighted by Crippen LogP contribution is 2.41. The molecule has 0 N–H and O–H groups in total. The summed E-state index contributed by atoms with van der Waals surface area (Å²) < 4.78 is 0. The molecule has 1 aliphatic rings. The van der Waals surface area contributed by atoms with Crippen molar-refractivity contribution in [2.45, 2.75) is 4.90 Å². The predicted octanol–water partition coefficient (Wildman–Crippen LogP) is 4.75.